The molecular formula is C11H10N2O3. The van der Waals surface area contributed by atoms with Gasteiger partial charge in [0.05, 0.1) is 6.61 Å². The Bertz CT molecular complexity index is 479. The zero-order valence-electron chi connectivity index (χ0n) is 8.71. The molecule has 2 heterocycles. The third kappa shape index (κ3) is 2.08. The van der Waals surface area contributed by atoms with Crippen LogP contribution in [-0.2, 0) is 4.74 Å². The number of hydrogen-bond donors (Lipinski definition) is 0. The highest BCUT2D eigenvalue weighted by molar-refractivity contribution is 5.88. The maximum absolute atomic E-state index is 11.3. The molecule has 0 aliphatic rings. The smallest absolute Gasteiger partial charge is 0.360 e. The fourth-order valence-electron chi connectivity index (χ4n) is 1.22. The van der Waals surface area contributed by atoms with Crippen molar-refractivity contribution in [2.45, 2.75) is 6.92 Å². The number of hydrogen-bond acceptors (Lipinski definition) is 5. The number of carbonyl (C=O) groups excluding carboxylic acids is 1. The fourth-order valence-corrected chi connectivity index (χ4v) is 1.22. The van der Waals surface area contributed by atoms with Crippen LogP contribution >= 0.6 is 0 Å². The number of nitrogens with zero attached hydrogens (tertiary/aromatic N) is 2. The van der Waals surface area contributed by atoms with E-state index in [2.05, 4.69) is 10.1 Å². The molecule has 0 aromatic carbocycles. The van der Waals surface area contributed by atoms with E-state index in [0.717, 1.165) is 5.56 Å². The number of ether oxygens (including phenoxy) is 1. The summed E-state index contributed by atoms with van der Waals surface area (Å²) in [5, 5.41) is 3.63. The molecule has 5 heteroatoms. The fraction of sp³-hybridized carbons (Fsp3) is 0.182. The van der Waals surface area contributed by atoms with Crippen LogP contribution in [0.2, 0.25) is 0 Å². The minimum absolute atomic E-state index is 0.167. The Morgan fingerprint density at radius 3 is 3.12 bits per heavy atom. The monoisotopic (exact) mass is 218 g/mol. The largest absolute Gasteiger partial charge is 0.461 e. The summed E-state index contributed by atoms with van der Waals surface area (Å²) >= 11 is 0. The molecule has 2 rings (SSSR count). The Hall–Kier alpha value is -2.17. The molecule has 0 atom stereocenters. The van der Waals surface area contributed by atoms with Gasteiger partial charge in [-0.3, -0.25) is 4.98 Å². The Kier molecular flexibility index (Phi) is 2.95. The summed E-state index contributed by atoms with van der Waals surface area (Å²) in [6, 6.07) is 5.14. The Balaban J connectivity index is 2.23. The van der Waals surface area contributed by atoms with Crippen LogP contribution in [0, 0.1) is 0 Å². The van der Waals surface area contributed by atoms with Crippen LogP contribution in [0.5, 0.6) is 0 Å². The molecule has 0 N–H and O–H groups in total. The van der Waals surface area contributed by atoms with Crippen LogP contribution in [-0.4, -0.2) is 22.7 Å². The van der Waals surface area contributed by atoms with E-state index in [1.807, 2.05) is 6.07 Å². The van der Waals surface area contributed by atoms with Crippen molar-refractivity contribution in [3.63, 3.8) is 0 Å². The zero-order chi connectivity index (χ0) is 11.4. The normalized spacial score (nSPS) is 10.1. The molecule has 0 saturated carbocycles. The van der Waals surface area contributed by atoms with Crippen molar-refractivity contribution in [3.8, 4) is 11.3 Å². The Morgan fingerprint density at radius 2 is 2.44 bits per heavy atom. The number of aromatic nitrogens is 2. The lowest BCUT2D eigenvalue weighted by atomic mass is 10.2. The van der Waals surface area contributed by atoms with Gasteiger partial charge in [0.25, 0.3) is 0 Å². The van der Waals surface area contributed by atoms with Crippen LogP contribution in [0.15, 0.2) is 35.1 Å². The molecule has 16 heavy (non-hydrogen) atoms. The molecule has 0 aliphatic carbocycles. The summed E-state index contributed by atoms with van der Waals surface area (Å²) in [6.07, 6.45) is 3.29. The maximum Gasteiger partial charge on any atom is 0.360 e. The van der Waals surface area contributed by atoms with E-state index in [9.17, 15) is 4.79 Å². The average molecular weight is 218 g/mol. The number of carbonyl (C=O) groups is 1. The van der Waals surface area contributed by atoms with Crippen LogP contribution < -0.4 is 0 Å². The van der Waals surface area contributed by atoms with Crippen molar-refractivity contribution < 1.29 is 14.1 Å². The van der Waals surface area contributed by atoms with Crippen molar-refractivity contribution in [1.82, 2.24) is 10.1 Å². The highest BCUT2D eigenvalue weighted by Crippen LogP contribution is 2.19. The SMILES string of the molecule is CCOC(=O)c1cc(-c2cccnc2)on1. The third-order valence-corrected chi connectivity index (χ3v) is 1.94. The molecule has 0 fully saturated rings. The molecule has 0 radical (unpaired) electrons. The van der Waals surface area contributed by atoms with Gasteiger partial charge in [-0.15, -0.1) is 0 Å². The summed E-state index contributed by atoms with van der Waals surface area (Å²) in [5.74, 6) is 0.0116. The van der Waals surface area contributed by atoms with E-state index < -0.39 is 5.97 Å². The van der Waals surface area contributed by atoms with Gasteiger partial charge in [0.15, 0.2) is 11.5 Å². The second-order valence-electron chi connectivity index (χ2n) is 3.04. The van der Waals surface area contributed by atoms with Gasteiger partial charge < -0.3 is 9.26 Å². The predicted octanol–water partition coefficient (Wildman–Crippen LogP) is 1.91. The quantitative estimate of drug-likeness (QED) is 0.736. The summed E-state index contributed by atoms with van der Waals surface area (Å²) in [7, 11) is 0. The van der Waals surface area contributed by atoms with Crippen LogP contribution in [0.25, 0.3) is 11.3 Å². The van der Waals surface area contributed by atoms with Gasteiger partial charge in [-0.1, -0.05) is 5.16 Å². The number of rotatable bonds is 3. The van der Waals surface area contributed by atoms with E-state index in [1.54, 1.807) is 25.4 Å². The highest BCUT2D eigenvalue weighted by Gasteiger charge is 2.14. The van der Waals surface area contributed by atoms with Gasteiger partial charge >= 0.3 is 5.97 Å². The minimum atomic E-state index is -0.485. The van der Waals surface area contributed by atoms with Crippen LogP contribution in [0.1, 0.15) is 17.4 Å². The topological polar surface area (TPSA) is 65.2 Å². The maximum atomic E-state index is 11.3. The lowest BCUT2D eigenvalue weighted by molar-refractivity contribution is 0.0514. The molecule has 0 saturated heterocycles. The molecule has 2 aromatic heterocycles. The summed E-state index contributed by atoms with van der Waals surface area (Å²) < 4.78 is 9.83. The van der Waals surface area contributed by atoms with Gasteiger partial charge in [0, 0.05) is 24.0 Å². The van der Waals surface area contributed by atoms with Crippen molar-refractivity contribution in [2.75, 3.05) is 6.61 Å². The van der Waals surface area contributed by atoms with Crippen molar-refractivity contribution >= 4 is 5.97 Å². The summed E-state index contributed by atoms with van der Waals surface area (Å²) in [6.45, 7) is 2.05. The van der Waals surface area contributed by atoms with Crippen molar-refractivity contribution in [3.05, 3.63) is 36.3 Å². The minimum Gasteiger partial charge on any atom is -0.461 e. The van der Waals surface area contributed by atoms with Crippen LogP contribution in [0.3, 0.4) is 0 Å². The lowest BCUT2D eigenvalue weighted by Crippen LogP contribution is -2.04. The van der Waals surface area contributed by atoms with E-state index in [4.69, 9.17) is 9.26 Å². The van der Waals surface area contributed by atoms with E-state index in [-0.39, 0.29) is 5.69 Å². The highest BCUT2D eigenvalue weighted by atomic mass is 16.5. The summed E-state index contributed by atoms with van der Waals surface area (Å²) in [5.41, 5.74) is 0.936. The first-order chi connectivity index (χ1) is 7.81. The summed E-state index contributed by atoms with van der Waals surface area (Å²) in [4.78, 5) is 15.3. The molecule has 0 bridgehead atoms. The second kappa shape index (κ2) is 4.57. The second-order valence-corrected chi connectivity index (χ2v) is 3.04. The van der Waals surface area contributed by atoms with Gasteiger partial charge in [0.2, 0.25) is 0 Å². The van der Waals surface area contributed by atoms with Gasteiger partial charge in [-0.25, -0.2) is 4.79 Å². The molecule has 0 spiro atoms. The lowest BCUT2D eigenvalue weighted by Gasteiger charge is -1.94. The third-order valence-electron chi connectivity index (χ3n) is 1.94. The van der Waals surface area contributed by atoms with Crippen molar-refractivity contribution in [2.24, 2.45) is 0 Å². The van der Waals surface area contributed by atoms with Gasteiger partial charge in [-0.2, -0.15) is 0 Å². The standard InChI is InChI=1S/C11H10N2O3/c1-2-15-11(14)9-6-10(16-13-9)8-4-3-5-12-7-8/h3-7H,2H2,1H3. The first kappa shape index (κ1) is 10.4. The van der Waals surface area contributed by atoms with E-state index in [1.165, 1.54) is 6.07 Å². The predicted molar refractivity (Wildman–Crippen MR) is 55.7 cm³/mol. The Labute approximate surface area is 92.0 Å². The first-order valence-electron chi connectivity index (χ1n) is 4.85. The number of pyridine rings is 1. The molecule has 0 unspecified atom stereocenters. The van der Waals surface area contributed by atoms with Gasteiger partial charge in [-0.05, 0) is 19.1 Å². The molecular weight excluding hydrogens is 208 g/mol. The molecule has 0 aliphatic heterocycles. The van der Waals surface area contributed by atoms with Crippen LogP contribution in [0.4, 0.5) is 0 Å². The zero-order valence-corrected chi connectivity index (χ0v) is 8.71. The van der Waals surface area contributed by atoms with Crippen molar-refractivity contribution in [1.29, 1.82) is 0 Å². The molecule has 82 valence electrons. The van der Waals surface area contributed by atoms with E-state index >= 15 is 0 Å². The number of esters is 1. The van der Waals surface area contributed by atoms with Gasteiger partial charge in [0.1, 0.15) is 0 Å². The molecule has 0 amide bonds. The molecule has 2 aromatic rings. The molecule has 5 nitrogen and oxygen atoms in total. The Morgan fingerprint density at radius 1 is 1.56 bits per heavy atom. The van der Waals surface area contributed by atoms with E-state index in [0.29, 0.717) is 12.4 Å². The average Bonchev–Trinajstić information content (AvgIpc) is 2.80. The first-order valence-corrected chi connectivity index (χ1v) is 4.85.